The van der Waals surface area contributed by atoms with Gasteiger partial charge in [0.2, 0.25) is 5.91 Å². The summed E-state index contributed by atoms with van der Waals surface area (Å²) >= 11 is 0. The molecule has 11 heteroatoms. The number of benzene rings is 1. The monoisotopic (exact) mass is 442 g/mol. The highest BCUT2D eigenvalue weighted by Crippen LogP contribution is 2.27. The average Bonchev–Trinajstić information content (AvgIpc) is 2.82. The summed E-state index contributed by atoms with van der Waals surface area (Å²) in [6, 6.07) is -0.877. The molecule has 1 aromatic carbocycles. The van der Waals surface area contributed by atoms with E-state index < -0.39 is 72.4 Å². The van der Waals surface area contributed by atoms with Gasteiger partial charge in [0.05, 0.1) is 18.9 Å². The molecule has 1 saturated heterocycles. The van der Waals surface area contributed by atoms with Crippen LogP contribution in [0.4, 0.5) is 26.3 Å². The van der Waals surface area contributed by atoms with Crippen molar-refractivity contribution < 1.29 is 41.0 Å². The average molecular weight is 442 g/mol. The third-order valence-electron chi connectivity index (χ3n) is 4.28. The second-order valence-electron chi connectivity index (χ2n) is 6.48. The number of aliphatic hydroxyl groups excluding tert-OH is 1. The fourth-order valence-electron chi connectivity index (χ4n) is 2.98. The van der Waals surface area contributed by atoms with Gasteiger partial charge < -0.3 is 10.0 Å². The van der Waals surface area contributed by atoms with E-state index in [0.29, 0.717) is 6.07 Å². The molecule has 2 N–H and O–H groups in total. The van der Waals surface area contributed by atoms with E-state index in [9.17, 15) is 41.0 Å². The second kappa shape index (κ2) is 11.3. The zero-order valence-electron chi connectivity index (χ0n) is 16.5. The maximum atomic E-state index is 13.6. The van der Waals surface area contributed by atoms with Crippen LogP contribution in [0, 0.1) is 17.5 Å². The lowest BCUT2D eigenvalue weighted by Gasteiger charge is -2.33. The van der Waals surface area contributed by atoms with Crippen LogP contribution in [-0.4, -0.2) is 53.2 Å². The Morgan fingerprint density at radius 1 is 1.13 bits per heavy atom. The third kappa shape index (κ3) is 7.60. The van der Waals surface area contributed by atoms with Gasteiger partial charge in [-0.3, -0.25) is 14.9 Å². The first-order valence-corrected chi connectivity index (χ1v) is 9.40. The van der Waals surface area contributed by atoms with E-state index in [0.717, 1.165) is 4.90 Å². The summed E-state index contributed by atoms with van der Waals surface area (Å²) in [6.45, 7) is 4.06. The van der Waals surface area contributed by atoms with Gasteiger partial charge in [0, 0.05) is 19.0 Å². The first-order valence-electron chi connectivity index (χ1n) is 9.40. The molecule has 0 aliphatic carbocycles. The lowest BCUT2D eigenvalue weighted by molar-refractivity contribution is -0.164. The largest absolute Gasteiger partial charge is 0.391 e. The van der Waals surface area contributed by atoms with Gasteiger partial charge in [0.15, 0.2) is 11.6 Å². The van der Waals surface area contributed by atoms with E-state index in [1.165, 1.54) is 0 Å². The molecule has 5 nitrogen and oxygen atoms in total. The van der Waals surface area contributed by atoms with Gasteiger partial charge in [-0.1, -0.05) is 13.8 Å². The summed E-state index contributed by atoms with van der Waals surface area (Å²) < 4.78 is 78.1. The topological polar surface area (TPSA) is 69.6 Å². The van der Waals surface area contributed by atoms with E-state index in [4.69, 9.17) is 0 Å². The van der Waals surface area contributed by atoms with Gasteiger partial charge in [0.1, 0.15) is 17.8 Å². The van der Waals surface area contributed by atoms with Crippen LogP contribution >= 0.6 is 0 Å². The molecule has 170 valence electrons. The van der Waals surface area contributed by atoms with Gasteiger partial charge in [-0.25, -0.2) is 13.2 Å². The van der Waals surface area contributed by atoms with Crippen molar-refractivity contribution in [3.8, 4) is 0 Å². The maximum Gasteiger partial charge on any atom is 0.391 e. The van der Waals surface area contributed by atoms with Crippen LogP contribution in [0.5, 0.6) is 0 Å². The number of nitrogens with zero attached hydrogens (tertiary/aromatic N) is 1. The van der Waals surface area contributed by atoms with Crippen LogP contribution in [-0.2, 0) is 16.0 Å². The summed E-state index contributed by atoms with van der Waals surface area (Å²) in [5, 5.41) is 12.3. The van der Waals surface area contributed by atoms with E-state index in [-0.39, 0.29) is 25.6 Å². The SMILES string of the molecule is CC.O=C(CC(=O)N1CCCNC(O)C1CC(F)(F)F)Cc1cc(F)c(F)cc1F. The van der Waals surface area contributed by atoms with Crippen LogP contribution in [0.3, 0.4) is 0 Å². The minimum absolute atomic E-state index is 0.115. The molecule has 30 heavy (non-hydrogen) atoms. The lowest BCUT2D eigenvalue weighted by atomic mass is 10.0. The van der Waals surface area contributed by atoms with E-state index >= 15 is 0 Å². The van der Waals surface area contributed by atoms with Gasteiger partial charge in [-0.15, -0.1) is 0 Å². The Morgan fingerprint density at radius 3 is 2.33 bits per heavy atom. The molecule has 1 amide bonds. The molecule has 2 rings (SSSR count). The molecule has 0 saturated carbocycles. The van der Waals surface area contributed by atoms with Crippen LogP contribution in [0.2, 0.25) is 0 Å². The number of amides is 1. The Hall–Kier alpha value is -2.14. The molecule has 1 aliphatic heterocycles. The highest BCUT2D eigenvalue weighted by molar-refractivity contribution is 5.99. The number of hydrogen-bond acceptors (Lipinski definition) is 4. The molecule has 1 fully saturated rings. The molecule has 0 spiro atoms. The summed E-state index contributed by atoms with van der Waals surface area (Å²) in [5.74, 6) is -5.84. The normalized spacial score (nSPS) is 19.6. The number of carbonyl (C=O) groups is 2. The Kier molecular flexibility index (Phi) is 9.76. The fourth-order valence-corrected chi connectivity index (χ4v) is 2.98. The van der Waals surface area contributed by atoms with Crippen molar-refractivity contribution in [2.45, 2.75) is 58.0 Å². The Bertz CT molecular complexity index is 742. The van der Waals surface area contributed by atoms with E-state index in [1.54, 1.807) is 0 Å². The van der Waals surface area contributed by atoms with Gasteiger partial charge in [-0.2, -0.15) is 13.2 Å². The number of nitrogens with one attached hydrogen (secondary N) is 1. The zero-order chi connectivity index (χ0) is 23.1. The highest BCUT2D eigenvalue weighted by atomic mass is 19.4. The molecule has 1 aromatic rings. The Balaban J connectivity index is 0.00000218. The van der Waals surface area contributed by atoms with Crippen molar-refractivity contribution in [2.75, 3.05) is 13.1 Å². The molecule has 0 radical (unpaired) electrons. The first kappa shape index (κ1) is 25.9. The number of ketones is 1. The fraction of sp³-hybridized carbons (Fsp3) is 0.579. The number of Topliss-reactive ketones (excluding diaryl/α,β-unsaturated/α-hetero) is 1. The quantitative estimate of drug-likeness (QED) is 0.418. The molecule has 0 bridgehead atoms. The lowest BCUT2D eigenvalue weighted by Crippen LogP contribution is -2.52. The maximum absolute atomic E-state index is 13.6. The molecule has 2 unspecified atom stereocenters. The zero-order valence-corrected chi connectivity index (χ0v) is 16.5. The third-order valence-corrected chi connectivity index (χ3v) is 4.28. The van der Waals surface area contributed by atoms with E-state index in [2.05, 4.69) is 5.32 Å². The molecule has 1 heterocycles. The van der Waals surface area contributed by atoms with Crippen LogP contribution < -0.4 is 5.32 Å². The number of halogens is 6. The minimum atomic E-state index is -4.66. The smallest absolute Gasteiger partial charge is 0.376 e. The standard InChI is InChI=1S/C17H18F6N2O3.C2H6/c18-11-7-13(20)12(19)5-9(11)4-10(26)6-15(27)25-3-1-2-24-16(28)14(25)8-17(21,22)23;1-2/h5,7,14,16,24,28H,1-4,6,8H2;1-2H3. The van der Waals surface area contributed by atoms with Crippen molar-refractivity contribution in [1.29, 1.82) is 0 Å². The number of hydrogen-bond donors (Lipinski definition) is 2. The van der Waals surface area contributed by atoms with E-state index in [1.807, 2.05) is 13.8 Å². The molecule has 2 atom stereocenters. The predicted molar refractivity (Wildman–Crippen MR) is 95.8 cm³/mol. The van der Waals surface area contributed by atoms with Gasteiger partial charge in [0.25, 0.3) is 0 Å². The van der Waals surface area contributed by atoms with Crippen molar-refractivity contribution in [2.24, 2.45) is 0 Å². The number of rotatable bonds is 5. The Labute approximate surface area is 170 Å². The van der Waals surface area contributed by atoms with Crippen molar-refractivity contribution >= 4 is 11.7 Å². The van der Waals surface area contributed by atoms with Crippen molar-refractivity contribution in [3.05, 3.63) is 35.1 Å². The Morgan fingerprint density at radius 2 is 1.73 bits per heavy atom. The summed E-state index contributed by atoms with van der Waals surface area (Å²) in [5.41, 5.74) is -0.471. The first-order chi connectivity index (χ1) is 14.0. The minimum Gasteiger partial charge on any atom is -0.376 e. The second-order valence-corrected chi connectivity index (χ2v) is 6.48. The van der Waals surface area contributed by atoms with Crippen molar-refractivity contribution in [3.63, 3.8) is 0 Å². The molecular weight excluding hydrogens is 418 g/mol. The number of alkyl halides is 3. The highest BCUT2D eigenvalue weighted by Gasteiger charge is 2.41. The summed E-state index contributed by atoms with van der Waals surface area (Å²) in [6.07, 6.45) is -9.10. The van der Waals surface area contributed by atoms with Crippen LogP contribution in [0.1, 0.15) is 38.7 Å². The van der Waals surface area contributed by atoms with Gasteiger partial charge in [-0.05, 0) is 24.6 Å². The molecule has 0 aromatic heterocycles. The molecular formula is C19H24F6N2O3. The predicted octanol–water partition coefficient (Wildman–Crippen LogP) is 3.09. The molecule has 1 aliphatic rings. The summed E-state index contributed by atoms with van der Waals surface area (Å²) in [7, 11) is 0. The van der Waals surface area contributed by atoms with Crippen LogP contribution in [0.15, 0.2) is 12.1 Å². The van der Waals surface area contributed by atoms with Crippen LogP contribution in [0.25, 0.3) is 0 Å². The summed E-state index contributed by atoms with van der Waals surface area (Å²) in [4.78, 5) is 25.2. The number of aliphatic hydroxyl groups is 1. The van der Waals surface area contributed by atoms with Gasteiger partial charge >= 0.3 is 6.18 Å². The van der Waals surface area contributed by atoms with Crippen molar-refractivity contribution in [1.82, 2.24) is 10.2 Å². The number of carbonyl (C=O) groups excluding carboxylic acids is 2.